The van der Waals surface area contributed by atoms with Crippen LogP contribution in [0.3, 0.4) is 0 Å². The van der Waals surface area contributed by atoms with Gasteiger partial charge in [0.05, 0.1) is 6.61 Å². The second-order valence-corrected chi connectivity index (χ2v) is 7.01. The fourth-order valence-corrected chi connectivity index (χ4v) is 4.60. The molecular weight excluding hydrogens is 262 g/mol. The Morgan fingerprint density at radius 1 is 1.22 bits per heavy atom. The maximum atomic E-state index is 5.11. The summed E-state index contributed by atoms with van der Waals surface area (Å²) < 4.78 is 5.11. The topological polar surface area (TPSA) is 21.3 Å². The van der Waals surface area contributed by atoms with Gasteiger partial charge >= 0.3 is 0 Å². The van der Waals surface area contributed by atoms with Gasteiger partial charge in [0.1, 0.15) is 0 Å². The van der Waals surface area contributed by atoms with Crippen LogP contribution in [0, 0.1) is 0 Å². The minimum absolute atomic E-state index is 0.698. The third-order valence-corrected chi connectivity index (χ3v) is 5.76. The van der Waals surface area contributed by atoms with E-state index in [0.29, 0.717) is 6.61 Å². The number of hydrogen-bond acceptors (Lipinski definition) is 4. The summed E-state index contributed by atoms with van der Waals surface area (Å²) in [6, 6.07) is 8.66. The lowest BCUT2D eigenvalue weighted by molar-refractivity contribution is 0.185. The molecule has 2 nitrogen and oxygen atoms in total. The summed E-state index contributed by atoms with van der Waals surface area (Å²) >= 11 is 4.19. The highest BCUT2D eigenvalue weighted by Crippen LogP contribution is 2.23. The van der Waals surface area contributed by atoms with Crippen LogP contribution < -0.4 is 5.32 Å². The van der Waals surface area contributed by atoms with Crippen LogP contribution in [0.4, 0.5) is 0 Å². The van der Waals surface area contributed by atoms with Crippen molar-refractivity contribution in [1.82, 2.24) is 5.32 Å². The maximum absolute atomic E-state index is 5.11. The van der Waals surface area contributed by atoms with Gasteiger partial charge in [0.25, 0.3) is 0 Å². The van der Waals surface area contributed by atoms with Crippen LogP contribution in [0.15, 0.2) is 24.3 Å². The number of hydrogen-bond donors (Lipinski definition) is 1. The Labute approximate surface area is 118 Å². The number of rotatable bonds is 6. The molecule has 0 saturated carbocycles. The summed E-state index contributed by atoms with van der Waals surface area (Å²) in [6.07, 6.45) is 0. The van der Waals surface area contributed by atoms with Crippen LogP contribution in [0.2, 0.25) is 0 Å². The van der Waals surface area contributed by atoms with Gasteiger partial charge in [-0.05, 0) is 11.1 Å². The molecular formula is C14H21NOS2. The second-order valence-electron chi connectivity index (χ2n) is 4.45. The van der Waals surface area contributed by atoms with Gasteiger partial charge in [-0.2, -0.15) is 23.5 Å². The number of ether oxygens (including phenoxy) is 1. The highest BCUT2D eigenvalue weighted by Gasteiger charge is 2.13. The molecule has 1 N–H and O–H groups in total. The normalized spacial score (nSPS) is 19.9. The first-order valence-corrected chi connectivity index (χ1v) is 8.55. The molecule has 1 aromatic rings. The molecule has 1 saturated heterocycles. The van der Waals surface area contributed by atoms with Gasteiger partial charge in [-0.25, -0.2) is 0 Å². The Balaban J connectivity index is 1.69. The number of thioether (sulfide) groups is 2. The molecule has 0 aliphatic carbocycles. The molecule has 1 aromatic carbocycles. The van der Waals surface area contributed by atoms with Crippen molar-refractivity contribution >= 4 is 23.5 Å². The molecule has 1 fully saturated rings. The first-order chi connectivity index (χ1) is 8.88. The fraction of sp³-hybridized carbons (Fsp3) is 0.571. The summed E-state index contributed by atoms with van der Waals surface area (Å²) in [6.45, 7) is 2.79. The Hall–Kier alpha value is -0.160. The van der Waals surface area contributed by atoms with E-state index < -0.39 is 0 Å². The fourth-order valence-electron chi connectivity index (χ4n) is 1.95. The molecule has 0 radical (unpaired) electrons. The highest BCUT2D eigenvalue weighted by atomic mass is 32.2. The molecule has 18 heavy (non-hydrogen) atoms. The molecule has 0 amide bonds. The smallest absolute Gasteiger partial charge is 0.0713 e. The Morgan fingerprint density at radius 3 is 2.67 bits per heavy atom. The van der Waals surface area contributed by atoms with Gasteiger partial charge < -0.3 is 10.1 Å². The molecule has 1 heterocycles. The predicted octanol–water partition coefficient (Wildman–Crippen LogP) is 2.77. The molecule has 1 aliphatic heterocycles. The SMILES string of the molecule is COCc1ccc(CNCC2CSCCS2)cc1. The number of benzene rings is 1. The third kappa shape index (κ3) is 4.84. The molecule has 2 rings (SSSR count). The van der Waals surface area contributed by atoms with E-state index in [1.807, 2.05) is 0 Å². The van der Waals surface area contributed by atoms with E-state index in [-0.39, 0.29) is 0 Å². The molecule has 0 spiro atoms. The van der Waals surface area contributed by atoms with Crippen molar-refractivity contribution in [2.45, 2.75) is 18.4 Å². The largest absolute Gasteiger partial charge is 0.380 e. The summed E-state index contributed by atoms with van der Waals surface area (Å²) in [4.78, 5) is 0. The first-order valence-electron chi connectivity index (χ1n) is 6.35. The van der Waals surface area contributed by atoms with Gasteiger partial charge in [-0.1, -0.05) is 24.3 Å². The van der Waals surface area contributed by atoms with Gasteiger partial charge in [-0.15, -0.1) is 0 Å². The van der Waals surface area contributed by atoms with Crippen molar-refractivity contribution in [3.05, 3.63) is 35.4 Å². The van der Waals surface area contributed by atoms with Crippen LogP contribution in [-0.4, -0.2) is 36.2 Å². The summed E-state index contributed by atoms with van der Waals surface area (Å²) in [5.41, 5.74) is 2.59. The lowest BCUT2D eigenvalue weighted by atomic mass is 10.1. The average molecular weight is 283 g/mol. The zero-order chi connectivity index (χ0) is 12.6. The average Bonchev–Trinajstić information content (AvgIpc) is 2.42. The zero-order valence-electron chi connectivity index (χ0n) is 10.9. The van der Waals surface area contributed by atoms with Crippen LogP contribution in [0.1, 0.15) is 11.1 Å². The molecule has 1 atom stereocenters. The van der Waals surface area contributed by atoms with Gasteiger partial charge in [0.2, 0.25) is 0 Å². The summed E-state index contributed by atoms with van der Waals surface area (Å²) in [7, 11) is 1.73. The van der Waals surface area contributed by atoms with Crippen LogP contribution >= 0.6 is 23.5 Å². The second kappa shape index (κ2) is 8.10. The van der Waals surface area contributed by atoms with Gasteiger partial charge in [0, 0.05) is 42.7 Å². The van der Waals surface area contributed by atoms with E-state index in [4.69, 9.17) is 4.74 Å². The summed E-state index contributed by atoms with van der Waals surface area (Å²) in [5, 5.41) is 4.35. The van der Waals surface area contributed by atoms with Crippen LogP contribution in [0.25, 0.3) is 0 Å². The van der Waals surface area contributed by atoms with Crippen molar-refractivity contribution in [3.63, 3.8) is 0 Å². The van der Waals surface area contributed by atoms with Gasteiger partial charge in [0.15, 0.2) is 0 Å². The first kappa shape index (κ1) is 14.3. The van der Waals surface area contributed by atoms with E-state index in [1.165, 1.54) is 28.4 Å². The van der Waals surface area contributed by atoms with E-state index in [0.717, 1.165) is 18.3 Å². The molecule has 1 aliphatic rings. The van der Waals surface area contributed by atoms with E-state index >= 15 is 0 Å². The van der Waals surface area contributed by atoms with Crippen molar-refractivity contribution in [3.8, 4) is 0 Å². The van der Waals surface area contributed by atoms with Crippen molar-refractivity contribution < 1.29 is 4.74 Å². The van der Waals surface area contributed by atoms with Gasteiger partial charge in [-0.3, -0.25) is 0 Å². The number of methoxy groups -OCH3 is 1. The van der Waals surface area contributed by atoms with E-state index in [1.54, 1.807) is 7.11 Å². The van der Waals surface area contributed by atoms with Crippen LogP contribution in [-0.2, 0) is 17.9 Å². The molecule has 100 valence electrons. The van der Waals surface area contributed by atoms with E-state index in [2.05, 4.69) is 53.1 Å². The van der Waals surface area contributed by atoms with E-state index in [9.17, 15) is 0 Å². The minimum atomic E-state index is 0.698. The Morgan fingerprint density at radius 2 is 2.00 bits per heavy atom. The Bertz CT molecular complexity index is 336. The lowest BCUT2D eigenvalue weighted by Gasteiger charge is -2.21. The monoisotopic (exact) mass is 283 g/mol. The molecule has 0 aromatic heterocycles. The quantitative estimate of drug-likeness (QED) is 0.866. The standard InChI is InChI=1S/C14H21NOS2/c1-16-10-13-4-2-12(3-5-13)8-15-9-14-11-17-6-7-18-14/h2-5,14-15H,6-11H2,1H3. The third-order valence-electron chi connectivity index (χ3n) is 2.92. The van der Waals surface area contributed by atoms with Crippen molar-refractivity contribution in [2.24, 2.45) is 0 Å². The van der Waals surface area contributed by atoms with Crippen molar-refractivity contribution in [2.75, 3.05) is 30.9 Å². The lowest BCUT2D eigenvalue weighted by Crippen LogP contribution is -2.28. The highest BCUT2D eigenvalue weighted by molar-refractivity contribution is 8.06. The molecule has 4 heteroatoms. The predicted molar refractivity (Wildman–Crippen MR) is 82.4 cm³/mol. The zero-order valence-corrected chi connectivity index (χ0v) is 12.5. The molecule has 1 unspecified atom stereocenters. The minimum Gasteiger partial charge on any atom is -0.380 e. The Kier molecular flexibility index (Phi) is 6.41. The van der Waals surface area contributed by atoms with Crippen LogP contribution in [0.5, 0.6) is 0 Å². The maximum Gasteiger partial charge on any atom is 0.0713 e. The summed E-state index contributed by atoms with van der Waals surface area (Å²) in [5.74, 6) is 3.93. The number of nitrogens with one attached hydrogen (secondary N) is 1. The van der Waals surface area contributed by atoms with Crippen molar-refractivity contribution in [1.29, 1.82) is 0 Å². The molecule has 0 bridgehead atoms.